The van der Waals surface area contributed by atoms with E-state index in [9.17, 15) is 14.4 Å². The van der Waals surface area contributed by atoms with Crippen molar-refractivity contribution in [3.8, 4) is 0 Å². The number of carbonyl (C=O) groups excluding carboxylic acids is 3. The number of ketones is 1. The van der Waals surface area contributed by atoms with Gasteiger partial charge in [-0.2, -0.15) is 0 Å². The number of alkyl halides is 1. The summed E-state index contributed by atoms with van der Waals surface area (Å²) < 4.78 is 5.31. The van der Waals surface area contributed by atoms with Gasteiger partial charge in [0.25, 0.3) is 0 Å². The summed E-state index contributed by atoms with van der Waals surface area (Å²) in [7, 11) is 0. The summed E-state index contributed by atoms with van der Waals surface area (Å²) in [5.41, 5.74) is 1.06. The molecule has 0 bridgehead atoms. The molecule has 0 aliphatic carbocycles. The number of alkyl carbamates (subject to hydrolysis) is 1. The Hall–Kier alpha value is -3.45. The SMILES string of the molecule is CC(C)(C)OC(=O)N[C@@H](CCC(=O)NC(c1ccccc1)(c1ccccc1)c1ccccc1)C(=O)CBr. The first-order chi connectivity index (χ1) is 17.7. The summed E-state index contributed by atoms with van der Waals surface area (Å²) in [4.78, 5) is 38.4. The van der Waals surface area contributed by atoms with Gasteiger partial charge in [-0.05, 0) is 43.9 Å². The van der Waals surface area contributed by atoms with E-state index in [0.717, 1.165) is 16.7 Å². The van der Waals surface area contributed by atoms with Gasteiger partial charge in [-0.15, -0.1) is 0 Å². The van der Waals surface area contributed by atoms with E-state index in [0.29, 0.717) is 0 Å². The maximum Gasteiger partial charge on any atom is 0.408 e. The van der Waals surface area contributed by atoms with Crippen LogP contribution in [0.25, 0.3) is 0 Å². The van der Waals surface area contributed by atoms with Gasteiger partial charge < -0.3 is 15.4 Å². The maximum absolute atomic E-state index is 13.5. The number of hydrogen-bond donors (Lipinski definition) is 2. The molecule has 0 heterocycles. The highest BCUT2D eigenvalue weighted by atomic mass is 79.9. The molecular weight excluding hydrogens is 532 g/mol. The average Bonchev–Trinajstić information content (AvgIpc) is 2.89. The number of ether oxygens (including phenoxy) is 1. The van der Waals surface area contributed by atoms with Crippen LogP contribution in [0.5, 0.6) is 0 Å². The van der Waals surface area contributed by atoms with Gasteiger partial charge in [0, 0.05) is 6.42 Å². The molecule has 3 rings (SSSR count). The summed E-state index contributed by atoms with van der Waals surface area (Å²) in [6.45, 7) is 5.24. The Labute approximate surface area is 226 Å². The van der Waals surface area contributed by atoms with Crippen LogP contribution in [0.1, 0.15) is 50.3 Å². The molecule has 0 spiro atoms. The molecule has 1 atom stereocenters. The normalized spacial score (nSPS) is 12.3. The Morgan fingerprint density at radius 3 is 1.59 bits per heavy atom. The van der Waals surface area contributed by atoms with E-state index in [-0.39, 0.29) is 29.9 Å². The van der Waals surface area contributed by atoms with E-state index < -0.39 is 23.3 Å². The molecule has 194 valence electrons. The van der Waals surface area contributed by atoms with Crippen molar-refractivity contribution in [1.29, 1.82) is 0 Å². The molecule has 7 heteroatoms. The molecule has 6 nitrogen and oxygen atoms in total. The molecule has 0 radical (unpaired) electrons. The second-order valence-corrected chi connectivity index (χ2v) is 10.3. The lowest BCUT2D eigenvalue weighted by atomic mass is 9.77. The molecule has 0 saturated heterocycles. The minimum Gasteiger partial charge on any atom is -0.444 e. The van der Waals surface area contributed by atoms with E-state index in [1.165, 1.54) is 0 Å². The summed E-state index contributed by atoms with van der Waals surface area (Å²) in [6, 6.07) is 28.5. The van der Waals surface area contributed by atoms with Crippen molar-refractivity contribution < 1.29 is 19.1 Å². The molecule has 2 amide bonds. The van der Waals surface area contributed by atoms with Crippen molar-refractivity contribution in [3.05, 3.63) is 108 Å². The molecule has 3 aromatic carbocycles. The molecular formula is C30H33BrN2O4. The Kier molecular flexibility index (Phi) is 9.64. The van der Waals surface area contributed by atoms with Crippen LogP contribution in [0.4, 0.5) is 4.79 Å². The first kappa shape index (κ1) is 28.1. The zero-order chi connectivity index (χ0) is 26.9. The van der Waals surface area contributed by atoms with Gasteiger partial charge in [0.05, 0.1) is 11.4 Å². The Morgan fingerprint density at radius 2 is 1.22 bits per heavy atom. The topological polar surface area (TPSA) is 84.5 Å². The third kappa shape index (κ3) is 7.52. The van der Waals surface area contributed by atoms with Crippen molar-refractivity contribution in [2.75, 3.05) is 5.33 Å². The molecule has 0 aliphatic heterocycles. The van der Waals surface area contributed by atoms with Crippen LogP contribution in [0.15, 0.2) is 91.0 Å². The molecule has 0 fully saturated rings. The monoisotopic (exact) mass is 564 g/mol. The molecule has 0 saturated carbocycles. The number of rotatable bonds is 10. The van der Waals surface area contributed by atoms with E-state index >= 15 is 0 Å². The zero-order valence-electron chi connectivity index (χ0n) is 21.4. The molecule has 3 aromatic rings. The average molecular weight is 566 g/mol. The van der Waals surface area contributed by atoms with Crippen LogP contribution >= 0.6 is 15.9 Å². The number of Topliss-reactive ketones (excluding diaryl/α,β-unsaturated/α-hetero) is 1. The highest BCUT2D eigenvalue weighted by molar-refractivity contribution is 9.09. The van der Waals surface area contributed by atoms with E-state index in [2.05, 4.69) is 26.6 Å². The third-order valence-corrected chi connectivity index (χ3v) is 6.37. The van der Waals surface area contributed by atoms with Gasteiger partial charge in [-0.3, -0.25) is 9.59 Å². The van der Waals surface area contributed by atoms with Crippen LogP contribution in [0, 0.1) is 0 Å². The summed E-state index contributed by atoms with van der Waals surface area (Å²) in [5, 5.41) is 5.95. The lowest BCUT2D eigenvalue weighted by molar-refractivity contribution is -0.123. The van der Waals surface area contributed by atoms with Crippen molar-refractivity contribution in [3.63, 3.8) is 0 Å². The third-order valence-electron chi connectivity index (χ3n) is 5.82. The molecule has 37 heavy (non-hydrogen) atoms. The molecule has 0 aliphatic rings. The Morgan fingerprint density at radius 1 is 0.784 bits per heavy atom. The highest BCUT2D eigenvalue weighted by Gasteiger charge is 2.38. The van der Waals surface area contributed by atoms with E-state index in [1.54, 1.807) is 20.8 Å². The van der Waals surface area contributed by atoms with Gasteiger partial charge in [0.2, 0.25) is 5.91 Å². The zero-order valence-corrected chi connectivity index (χ0v) is 23.0. The fraction of sp³-hybridized carbons (Fsp3) is 0.300. The number of hydrogen-bond acceptors (Lipinski definition) is 4. The van der Waals surface area contributed by atoms with Gasteiger partial charge in [0.1, 0.15) is 11.1 Å². The predicted molar refractivity (Wildman–Crippen MR) is 149 cm³/mol. The van der Waals surface area contributed by atoms with Crippen molar-refractivity contribution in [1.82, 2.24) is 10.6 Å². The van der Waals surface area contributed by atoms with Crippen molar-refractivity contribution >= 4 is 33.7 Å². The van der Waals surface area contributed by atoms with Crippen LogP contribution < -0.4 is 10.6 Å². The summed E-state index contributed by atoms with van der Waals surface area (Å²) in [5.74, 6) is -0.492. The fourth-order valence-corrected chi connectivity index (χ4v) is 4.58. The molecule has 0 unspecified atom stereocenters. The van der Waals surface area contributed by atoms with Crippen LogP contribution in [-0.4, -0.2) is 34.8 Å². The maximum atomic E-state index is 13.5. The van der Waals surface area contributed by atoms with Gasteiger partial charge in [-0.25, -0.2) is 4.79 Å². The lowest BCUT2D eigenvalue weighted by Crippen LogP contribution is -2.49. The van der Waals surface area contributed by atoms with E-state index in [4.69, 9.17) is 4.74 Å². The quantitative estimate of drug-likeness (QED) is 0.243. The van der Waals surface area contributed by atoms with Crippen molar-refractivity contribution in [2.45, 2.75) is 50.8 Å². The Bertz CT molecular complexity index is 1080. The Balaban J connectivity index is 1.91. The summed E-state index contributed by atoms with van der Waals surface area (Å²) >= 11 is 3.17. The number of nitrogens with one attached hydrogen (secondary N) is 2. The van der Waals surface area contributed by atoms with Gasteiger partial charge in [0.15, 0.2) is 5.78 Å². The van der Waals surface area contributed by atoms with Crippen LogP contribution in [0.3, 0.4) is 0 Å². The van der Waals surface area contributed by atoms with Gasteiger partial charge >= 0.3 is 6.09 Å². The van der Waals surface area contributed by atoms with Crippen LogP contribution in [0.2, 0.25) is 0 Å². The number of benzene rings is 3. The number of amides is 2. The second-order valence-electron chi connectivity index (χ2n) is 9.73. The molecule has 0 aromatic heterocycles. The van der Waals surface area contributed by atoms with Crippen molar-refractivity contribution in [2.24, 2.45) is 0 Å². The largest absolute Gasteiger partial charge is 0.444 e. The minimum atomic E-state index is -0.950. The number of halogens is 1. The second kappa shape index (κ2) is 12.7. The number of carbonyl (C=O) groups is 3. The lowest BCUT2D eigenvalue weighted by Gasteiger charge is -2.37. The van der Waals surface area contributed by atoms with Crippen LogP contribution in [-0.2, 0) is 19.9 Å². The fourth-order valence-electron chi connectivity index (χ4n) is 4.18. The first-order valence-electron chi connectivity index (χ1n) is 12.2. The predicted octanol–water partition coefficient (Wildman–Crippen LogP) is 5.73. The van der Waals surface area contributed by atoms with E-state index in [1.807, 2.05) is 91.0 Å². The standard InChI is InChI=1S/C30H33BrN2O4/c1-29(2,3)37-28(36)32-25(26(34)21-31)19-20-27(35)33-30(22-13-7-4-8-14-22,23-15-9-5-10-16-23)24-17-11-6-12-18-24/h4-18,25H,19-21H2,1-3H3,(H,32,36)(H,33,35)/t25-/m0/s1. The smallest absolute Gasteiger partial charge is 0.408 e. The summed E-state index contributed by atoms with van der Waals surface area (Å²) in [6.07, 6.45) is -0.545. The first-order valence-corrected chi connectivity index (χ1v) is 13.3. The minimum absolute atomic E-state index is 0.0213. The van der Waals surface area contributed by atoms with Gasteiger partial charge in [-0.1, -0.05) is 107 Å². The molecule has 2 N–H and O–H groups in total. The highest BCUT2D eigenvalue weighted by Crippen LogP contribution is 2.36.